The highest BCUT2D eigenvalue weighted by Crippen LogP contribution is 2.31. The molecule has 0 amide bonds. The summed E-state index contributed by atoms with van der Waals surface area (Å²) in [6, 6.07) is 7.90. The van der Waals surface area contributed by atoms with Crippen LogP contribution in [0.5, 0.6) is 11.5 Å². The van der Waals surface area contributed by atoms with Gasteiger partial charge in [0.15, 0.2) is 11.5 Å². The Kier molecular flexibility index (Phi) is 3.95. The zero-order valence-corrected chi connectivity index (χ0v) is 11.5. The van der Waals surface area contributed by atoms with E-state index < -0.39 is 0 Å². The minimum Gasteiger partial charge on any atom is -0.484 e. The van der Waals surface area contributed by atoms with Crippen molar-refractivity contribution in [2.45, 2.75) is 51.7 Å². The maximum atomic E-state index is 6.02. The van der Waals surface area contributed by atoms with Gasteiger partial charge in [0, 0.05) is 0 Å². The molecule has 0 heterocycles. The van der Waals surface area contributed by atoms with Gasteiger partial charge in [-0.25, -0.2) is 0 Å². The molecular weight excluding hydrogens is 224 g/mol. The van der Waals surface area contributed by atoms with Gasteiger partial charge in [0.05, 0.1) is 0 Å². The third-order valence-electron chi connectivity index (χ3n) is 2.75. The summed E-state index contributed by atoms with van der Waals surface area (Å²) in [6.45, 7) is 6.14. The largest absolute Gasteiger partial charge is 0.484 e. The highest BCUT2D eigenvalue weighted by molar-refractivity contribution is 5.40. The third-order valence-corrected chi connectivity index (χ3v) is 2.75. The van der Waals surface area contributed by atoms with E-state index in [0.29, 0.717) is 0 Å². The average Bonchev–Trinajstić information content (AvgIpc) is 2.31. The van der Waals surface area contributed by atoms with Crippen LogP contribution in [0.15, 0.2) is 36.4 Å². The van der Waals surface area contributed by atoms with Crippen molar-refractivity contribution in [2.24, 2.45) is 0 Å². The third kappa shape index (κ3) is 3.80. The summed E-state index contributed by atoms with van der Waals surface area (Å²) >= 11 is 0. The van der Waals surface area contributed by atoms with E-state index in [1.54, 1.807) is 0 Å². The van der Waals surface area contributed by atoms with Crippen LogP contribution in [0.25, 0.3) is 0 Å². The second kappa shape index (κ2) is 5.47. The van der Waals surface area contributed by atoms with Crippen molar-refractivity contribution in [3.63, 3.8) is 0 Å². The Labute approximate surface area is 110 Å². The molecule has 2 rings (SSSR count). The van der Waals surface area contributed by atoms with Crippen molar-refractivity contribution < 1.29 is 9.47 Å². The maximum absolute atomic E-state index is 6.02. The molecule has 0 saturated heterocycles. The molecule has 0 radical (unpaired) electrons. The summed E-state index contributed by atoms with van der Waals surface area (Å²) < 4.78 is 11.9. The molecule has 1 aromatic carbocycles. The monoisotopic (exact) mass is 246 g/mol. The van der Waals surface area contributed by atoms with E-state index >= 15 is 0 Å². The van der Waals surface area contributed by atoms with Crippen LogP contribution in [-0.2, 0) is 0 Å². The first-order chi connectivity index (χ1) is 8.54. The Morgan fingerprint density at radius 3 is 2.44 bits per heavy atom. The van der Waals surface area contributed by atoms with Gasteiger partial charge < -0.3 is 9.47 Å². The molecule has 1 aromatic rings. The van der Waals surface area contributed by atoms with Gasteiger partial charge in [-0.3, -0.25) is 0 Å². The molecule has 1 aliphatic rings. The summed E-state index contributed by atoms with van der Waals surface area (Å²) in [6.07, 6.45) is 7.98. The molecule has 98 valence electrons. The van der Waals surface area contributed by atoms with Gasteiger partial charge in [0.2, 0.25) is 0 Å². The normalized spacial score (nSPS) is 19.6. The van der Waals surface area contributed by atoms with Crippen LogP contribution in [0.1, 0.15) is 40.0 Å². The molecule has 2 nitrogen and oxygen atoms in total. The molecule has 0 spiro atoms. The molecule has 1 atom stereocenters. The summed E-state index contributed by atoms with van der Waals surface area (Å²) in [7, 11) is 0. The minimum absolute atomic E-state index is 0.184. The minimum atomic E-state index is -0.206. The summed E-state index contributed by atoms with van der Waals surface area (Å²) in [5.74, 6) is 1.66. The zero-order chi connectivity index (χ0) is 13.0. The highest BCUT2D eigenvalue weighted by Gasteiger charge is 2.17. The topological polar surface area (TPSA) is 18.5 Å². The van der Waals surface area contributed by atoms with E-state index in [1.807, 2.05) is 45.0 Å². The van der Waals surface area contributed by atoms with Crippen molar-refractivity contribution in [2.75, 3.05) is 0 Å². The predicted octanol–water partition coefficient (Wildman–Crippen LogP) is 4.35. The second-order valence-corrected chi connectivity index (χ2v) is 5.68. The Morgan fingerprint density at radius 2 is 1.83 bits per heavy atom. The summed E-state index contributed by atoms with van der Waals surface area (Å²) in [5, 5.41) is 0. The van der Waals surface area contributed by atoms with Crippen LogP contribution in [0.2, 0.25) is 0 Å². The molecule has 1 aliphatic carbocycles. The first kappa shape index (κ1) is 13.0. The van der Waals surface area contributed by atoms with Gasteiger partial charge in [-0.15, -0.1) is 0 Å². The van der Waals surface area contributed by atoms with E-state index in [4.69, 9.17) is 9.47 Å². The van der Waals surface area contributed by atoms with Gasteiger partial charge in [-0.1, -0.05) is 18.2 Å². The van der Waals surface area contributed by atoms with Crippen molar-refractivity contribution in [3.8, 4) is 11.5 Å². The lowest BCUT2D eigenvalue weighted by Crippen LogP contribution is -2.24. The summed E-state index contributed by atoms with van der Waals surface area (Å²) in [5.41, 5.74) is -0.206. The predicted molar refractivity (Wildman–Crippen MR) is 74.2 cm³/mol. The Balaban J connectivity index is 2.11. The van der Waals surface area contributed by atoms with Gasteiger partial charge >= 0.3 is 0 Å². The van der Waals surface area contributed by atoms with Crippen molar-refractivity contribution in [1.29, 1.82) is 0 Å². The fraction of sp³-hybridized carbons (Fsp3) is 0.500. The molecule has 0 aliphatic heterocycles. The number of para-hydroxylation sites is 2. The van der Waals surface area contributed by atoms with Crippen LogP contribution in [0.3, 0.4) is 0 Å². The molecule has 0 bridgehead atoms. The number of ether oxygens (including phenoxy) is 2. The molecular formula is C16H22O2. The standard InChI is InChI=1S/C16H22O2/c1-16(2,3)18-15-12-8-7-11-14(15)17-13-9-5-4-6-10-13/h5,7-9,11-13H,4,6,10H2,1-3H3. The Morgan fingerprint density at radius 1 is 1.11 bits per heavy atom. The Bertz CT molecular complexity index is 415. The van der Waals surface area contributed by atoms with E-state index in [-0.39, 0.29) is 11.7 Å². The first-order valence-electron chi connectivity index (χ1n) is 6.66. The zero-order valence-electron chi connectivity index (χ0n) is 11.5. The van der Waals surface area contributed by atoms with Gasteiger partial charge in [-0.2, -0.15) is 0 Å². The van der Waals surface area contributed by atoms with Crippen LogP contribution in [0, 0.1) is 0 Å². The molecule has 0 saturated carbocycles. The smallest absolute Gasteiger partial charge is 0.162 e. The van der Waals surface area contributed by atoms with Crippen LogP contribution >= 0.6 is 0 Å². The molecule has 2 heteroatoms. The fourth-order valence-electron chi connectivity index (χ4n) is 2.00. The van der Waals surface area contributed by atoms with Gasteiger partial charge in [0.1, 0.15) is 11.7 Å². The lowest BCUT2D eigenvalue weighted by Gasteiger charge is -2.25. The lowest BCUT2D eigenvalue weighted by molar-refractivity contribution is 0.119. The van der Waals surface area contributed by atoms with Crippen LogP contribution in [-0.4, -0.2) is 11.7 Å². The maximum Gasteiger partial charge on any atom is 0.162 e. The number of allylic oxidation sites excluding steroid dienone is 1. The number of hydrogen-bond acceptors (Lipinski definition) is 2. The van der Waals surface area contributed by atoms with Crippen molar-refractivity contribution >= 4 is 0 Å². The number of benzene rings is 1. The average molecular weight is 246 g/mol. The van der Waals surface area contributed by atoms with Crippen LogP contribution < -0.4 is 9.47 Å². The number of rotatable bonds is 3. The second-order valence-electron chi connectivity index (χ2n) is 5.68. The highest BCUT2D eigenvalue weighted by atomic mass is 16.5. The molecule has 0 N–H and O–H groups in total. The number of hydrogen-bond donors (Lipinski definition) is 0. The van der Waals surface area contributed by atoms with E-state index in [1.165, 1.54) is 12.8 Å². The summed E-state index contributed by atoms with van der Waals surface area (Å²) in [4.78, 5) is 0. The quantitative estimate of drug-likeness (QED) is 0.738. The van der Waals surface area contributed by atoms with Gasteiger partial charge in [0.25, 0.3) is 0 Å². The molecule has 1 unspecified atom stereocenters. The van der Waals surface area contributed by atoms with Crippen molar-refractivity contribution in [3.05, 3.63) is 36.4 Å². The van der Waals surface area contributed by atoms with E-state index in [2.05, 4.69) is 12.2 Å². The van der Waals surface area contributed by atoms with Gasteiger partial charge in [-0.05, 0) is 58.2 Å². The molecule has 0 fully saturated rings. The molecule has 0 aromatic heterocycles. The first-order valence-corrected chi connectivity index (χ1v) is 6.66. The van der Waals surface area contributed by atoms with E-state index in [9.17, 15) is 0 Å². The lowest BCUT2D eigenvalue weighted by atomic mass is 10.1. The van der Waals surface area contributed by atoms with Crippen molar-refractivity contribution in [1.82, 2.24) is 0 Å². The van der Waals surface area contributed by atoms with Crippen LogP contribution in [0.4, 0.5) is 0 Å². The Hall–Kier alpha value is -1.44. The van der Waals surface area contributed by atoms with E-state index in [0.717, 1.165) is 17.9 Å². The fourth-order valence-corrected chi connectivity index (χ4v) is 2.00. The SMILES string of the molecule is CC(C)(C)Oc1ccccc1OC1C=CCCC1. The molecule has 18 heavy (non-hydrogen) atoms.